The Morgan fingerprint density at radius 3 is 2.00 bits per heavy atom. The Morgan fingerprint density at radius 1 is 1.12 bits per heavy atom. The fraction of sp³-hybridized carbons (Fsp3) is 0.545. The van der Waals surface area contributed by atoms with Crippen LogP contribution in [-0.2, 0) is 5.67 Å². The fourth-order valence-electron chi connectivity index (χ4n) is 1.17. The molecule has 0 aromatic carbocycles. The minimum Gasteiger partial charge on any atom is -0.257 e. The van der Waals surface area contributed by atoms with Gasteiger partial charge in [0.15, 0.2) is 0 Å². The summed E-state index contributed by atoms with van der Waals surface area (Å²) in [5, 5.41) is 0. The summed E-state index contributed by atoms with van der Waals surface area (Å²) in [5.74, 6) is 0.151. The van der Waals surface area contributed by atoms with Gasteiger partial charge in [-0.05, 0) is 24.5 Å². The molecule has 1 nitrogen and oxygen atoms in total. The van der Waals surface area contributed by atoms with Crippen molar-refractivity contribution in [3.8, 4) is 0 Å². The molecule has 0 aliphatic heterocycles. The Balaban J connectivity index is 3.07. The number of pyridine rings is 1. The average Bonchev–Trinajstić information content (AvgIpc) is 2.16. The minimum atomic E-state index is -4.95. The van der Waals surface area contributed by atoms with Gasteiger partial charge in [0.25, 0.3) is 0 Å². The van der Waals surface area contributed by atoms with Gasteiger partial charge in [-0.2, -0.15) is 13.2 Å². The van der Waals surface area contributed by atoms with Crippen molar-refractivity contribution in [2.45, 2.75) is 38.5 Å². The molecule has 90 valence electrons. The summed E-state index contributed by atoms with van der Waals surface area (Å²) in [4.78, 5) is 3.54. The molecule has 0 fully saturated rings. The average molecular weight is 235 g/mol. The van der Waals surface area contributed by atoms with E-state index in [0.29, 0.717) is 6.92 Å². The van der Waals surface area contributed by atoms with Crippen molar-refractivity contribution in [2.24, 2.45) is 0 Å². The van der Waals surface area contributed by atoms with Crippen LogP contribution >= 0.6 is 0 Å². The summed E-state index contributed by atoms with van der Waals surface area (Å²) in [6.45, 7) is 4.24. The van der Waals surface area contributed by atoms with Gasteiger partial charge in [-0.15, -0.1) is 0 Å². The molecule has 1 aromatic heterocycles. The number of alkyl halides is 4. The molecular formula is C11H13F4N. The van der Waals surface area contributed by atoms with Crippen LogP contribution in [0.4, 0.5) is 17.6 Å². The molecule has 0 bridgehead atoms. The summed E-state index contributed by atoms with van der Waals surface area (Å²) < 4.78 is 50.6. The maximum absolute atomic E-state index is 13.5. The van der Waals surface area contributed by atoms with E-state index in [9.17, 15) is 17.6 Å². The van der Waals surface area contributed by atoms with E-state index < -0.39 is 17.5 Å². The van der Waals surface area contributed by atoms with Crippen LogP contribution in [-0.4, -0.2) is 11.2 Å². The zero-order valence-electron chi connectivity index (χ0n) is 9.27. The lowest BCUT2D eigenvalue weighted by molar-refractivity contribution is -0.230. The molecule has 1 atom stereocenters. The third-order valence-corrected chi connectivity index (χ3v) is 2.47. The first-order valence-corrected chi connectivity index (χ1v) is 4.88. The molecule has 0 aliphatic carbocycles. The highest BCUT2D eigenvalue weighted by Gasteiger charge is 2.54. The molecule has 0 radical (unpaired) electrons. The Hall–Kier alpha value is -1.13. The normalized spacial score (nSPS) is 16.2. The molecule has 0 spiro atoms. The van der Waals surface area contributed by atoms with Crippen LogP contribution < -0.4 is 0 Å². The smallest absolute Gasteiger partial charge is 0.257 e. The summed E-state index contributed by atoms with van der Waals surface area (Å²) in [6.07, 6.45) is -3.66. The van der Waals surface area contributed by atoms with Crippen LogP contribution in [0.5, 0.6) is 0 Å². The Kier molecular flexibility index (Phi) is 3.26. The van der Waals surface area contributed by atoms with Gasteiger partial charge in [0.1, 0.15) is 0 Å². The van der Waals surface area contributed by atoms with Gasteiger partial charge in [0, 0.05) is 6.20 Å². The van der Waals surface area contributed by atoms with Crippen molar-refractivity contribution >= 4 is 0 Å². The first kappa shape index (κ1) is 12.9. The van der Waals surface area contributed by atoms with Crippen molar-refractivity contribution in [3.63, 3.8) is 0 Å². The predicted octanol–water partition coefficient (Wildman–Crippen LogP) is 3.95. The zero-order chi connectivity index (χ0) is 12.6. The van der Waals surface area contributed by atoms with Gasteiger partial charge >= 0.3 is 6.18 Å². The first-order chi connectivity index (χ1) is 7.16. The van der Waals surface area contributed by atoms with Crippen LogP contribution in [0.1, 0.15) is 37.9 Å². The lowest BCUT2D eigenvalue weighted by atomic mass is 10.00. The summed E-state index contributed by atoms with van der Waals surface area (Å²) in [6, 6.07) is 2.55. The SMILES string of the molecule is CC(C)c1ccc(C(C)(F)C(F)(F)F)nc1. The zero-order valence-corrected chi connectivity index (χ0v) is 9.27. The highest BCUT2D eigenvalue weighted by atomic mass is 19.4. The first-order valence-electron chi connectivity index (χ1n) is 4.88. The number of nitrogens with zero attached hydrogens (tertiary/aromatic N) is 1. The predicted molar refractivity (Wildman–Crippen MR) is 52.8 cm³/mol. The maximum Gasteiger partial charge on any atom is 0.428 e. The van der Waals surface area contributed by atoms with E-state index in [-0.39, 0.29) is 5.92 Å². The summed E-state index contributed by atoms with van der Waals surface area (Å²) >= 11 is 0. The lowest BCUT2D eigenvalue weighted by Crippen LogP contribution is -2.35. The van der Waals surface area contributed by atoms with Crippen molar-refractivity contribution in [1.29, 1.82) is 0 Å². The third kappa shape index (κ3) is 2.33. The molecule has 1 unspecified atom stereocenters. The maximum atomic E-state index is 13.5. The fourth-order valence-corrected chi connectivity index (χ4v) is 1.17. The Labute approximate surface area is 91.5 Å². The molecule has 5 heteroatoms. The second-order valence-corrected chi connectivity index (χ2v) is 4.13. The Bertz CT molecular complexity index is 351. The van der Waals surface area contributed by atoms with Crippen molar-refractivity contribution in [2.75, 3.05) is 0 Å². The van der Waals surface area contributed by atoms with Crippen molar-refractivity contribution in [3.05, 3.63) is 29.6 Å². The largest absolute Gasteiger partial charge is 0.428 e. The van der Waals surface area contributed by atoms with Gasteiger partial charge in [-0.1, -0.05) is 19.9 Å². The van der Waals surface area contributed by atoms with E-state index in [0.717, 1.165) is 11.6 Å². The van der Waals surface area contributed by atoms with Gasteiger partial charge in [0.2, 0.25) is 5.67 Å². The van der Waals surface area contributed by atoms with E-state index in [1.165, 1.54) is 12.3 Å². The van der Waals surface area contributed by atoms with Crippen LogP contribution in [0.25, 0.3) is 0 Å². The highest BCUT2D eigenvalue weighted by molar-refractivity contribution is 5.21. The van der Waals surface area contributed by atoms with E-state index >= 15 is 0 Å². The summed E-state index contributed by atoms with van der Waals surface area (Å²) in [7, 11) is 0. The van der Waals surface area contributed by atoms with E-state index in [1.807, 2.05) is 13.8 Å². The highest BCUT2D eigenvalue weighted by Crippen LogP contribution is 2.41. The molecule has 16 heavy (non-hydrogen) atoms. The van der Waals surface area contributed by atoms with Gasteiger partial charge < -0.3 is 0 Å². The van der Waals surface area contributed by atoms with Crippen LogP contribution in [0.3, 0.4) is 0 Å². The third-order valence-electron chi connectivity index (χ3n) is 2.47. The number of hydrogen-bond acceptors (Lipinski definition) is 1. The molecule has 1 rings (SSSR count). The monoisotopic (exact) mass is 235 g/mol. The van der Waals surface area contributed by atoms with Crippen LogP contribution in [0, 0.1) is 0 Å². The second kappa shape index (κ2) is 4.03. The molecule has 0 N–H and O–H groups in total. The molecular weight excluding hydrogens is 222 g/mol. The van der Waals surface area contributed by atoms with Gasteiger partial charge in [0.05, 0.1) is 5.69 Å². The van der Waals surface area contributed by atoms with E-state index in [2.05, 4.69) is 4.98 Å². The topological polar surface area (TPSA) is 12.9 Å². The standard InChI is InChI=1S/C11H13F4N/c1-7(2)8-4-5-9(16-6-8)10(3,12)11(13,14)15/h4-7H,1-3H3. The van der Waals surface area contributed by atoms with Crippen LogP contribution in [0.2, 0.25) is 0 Å². The molecule has 1 heterocycles. The molecule has 0 saturated carbocycles. The van der Waals surface area contributed by atoms with Gasteiger partial charge in [-0.3, -0.25) is 4.98 Å². The molecule has 0 saturated heterocycles. The van der Waals surface area contributed by atoms with Gasteiger partial charge in [-0.25, -0.2) is 4.39 Å². The number of hydrogen-bond donors (Lipinski definition) is 0. The minimum absolute atomic E-state index is 0.151. The number of halogens is 4. The van der Waals surface area contributed by atoms with Crippen molar-refractivity contribution in [1.82, 2.24) is 4.98 Å². The molecule has 0 amide bonds. The van der Waals surface area contributed by atoms with E-state index in [1.54, 1.807) is 0 Å². The Morgan fingerprint density at radius 2 is 1.69 bits per heavy atom. The van der Waals surface area contributed by atoms with E-state index in [4.69, 9.17) is 0 Å². The summed E-state index contributed by atoms with van der Waals surface area (Å²) in [5.41, 5.74) is -3.23. The molecule has 1 aromatic rings. The second-order valence-electron chi connectivity index (χ2n) is 4.13. The number of aromatic nitrogens is 1. The molecule has 0 aliphatic rings. The van der Waals surface area contributed by atoms with Crippen LogP contribution in [0.15, 0.2) is 18.3 Å². The number of rotatable bonds is 2. The van der Waals surface area contributed by atoms with Crippen molar-refractivity contribution < 1.29 is 17.6 Å². The quantitative estimate of drug-likeness (QED) is 0.707. The lowest BCUT2D eigenvalue weighted by Gasteiger charge is -2.23.